The van der Waals surface area contributed by atoms with Crippen LogP contribution in [0.25, 0.3) is 20.8 Å². The van der Waals surface area contributed by atoms with Crippen molar-refractivity contribution in [1.29, 1.82) is 0 Å². The first kappa shape index (κ1) is 17.3. The average molecular weight is 395 g/mol. The number of methoxy groups -OCH3 is 1. The monoisotopic (exact) mass is 395 g/mol. The van der Waals surface area contributed by atoms with Crippen molar-refractivity contribution >= 4 is 27.5 Å². The number of fused-ring (bicyclic) bond motifs is 2. The quantitative estimate of drug-likeness (QED) is 0.704. The number of ether oxygens (including phenoxy) is 4. The molecule has 0 bridgehead atoms. The highest BCUT2D eigenvalue weighted by Crippen LogP contribution is 2.41. The Labute approximate surface area is 154 Å². The molecule has 140 valence electrons. The molecule has 4 rings (SSSR count). The van der Waals surface area contributed by atoms with E-state index >= 15 is 0 Å². The summed E-state index contributed by atoms with van der Waals surface area (Å²) in [4.78, 5) is 15.1. The van der Waals surface area contributed by atoms with Gasteiger partial charge in [-0.15, -0.1) is 11.3 Å². The topological polar surface area (TPSA) is 87.1 Å². The number of benzene rings is 2. The number of thiazole rings is 1. The van der Waals surface area contributed by atoms with Crippen LogP contribution < -0.4 is 18.9 Å². The second-order valence-corrected chi connectivity index (χ2v) is 6.51. The summed E-state index contributed by atoms with van der Waals surface area (Å²) in [5.74, 6) is -1.58. The number of aromatic nitrogens is 1. The maximum atomic E-state index is 13.3. The minimum atomic E-state index is -4.37. The molecular formula is C17H11F2NO6S. The number of nitrogens with zero attached hydrogens (tertiary/aromatic N) is 1. The molecule has 0 spiro atoms. The van der Waals surface area contributed by atoms with Crippen LogP contribution in [-0.4, -0.2) is 36.1 Å². The fourth-order valence-corrected chi connectivity index (χ4v) is 3.48. The Bertz CT molecular complexity index is 1010. The van der Waals surface area contributed by atoms with Crippen molar-refractivity contribution in [2.45, 2.75) is 6.11 Å². The first-order chi connectivity index (χ1) is 12.9. The third-order valence-electron chi connectivity index (χ3n) is 3.78. The molecule has 2 heterocycles. The Balaban J connectivity index is 1.70. The van der Waals surface area contributed by atoms with E-state index in [4.69, 9.17) is 19.3 Å². The Hall–Kier alpha value is -3.14. The van der Waals surface area contributed by atoms with E-state index in [1.807, 2.05) is 6.07 Å². The fourth-order valence-electron chi connectivity index (χ4n) is 2.51. The molecule has 0 radical (unpaired) electrons. The minimum Gasteiger partial charge on any atom is -0.493 e. The molecule has 0 unspecified atom stereocenters. The van der Waals surface area contributed by atoms with E-state index in [9.17, 15) is 13.6 Å². The summed E-state index contributed by atoms with van der Waals surface area (Å²) in [5, 5.41) is 9.12. The van der Waals surface area contributed by atoms with Gasteiger partial charge < -0.3 is 24.1 Å². The van der Waals surface area contributed by atoms with Gasteiger partial charge in [0.1, 0.15) is 5.01 Å². The predicted octanol–water partition coefficient (Wildman–Crippen LogP) is 3.76. The zero-order valence-electron chi connectivity index (χ0n) is 13.7. The molecular weight excluding hydrogens is 384 g/mol. The summed E-state index contributed by atoms with van der Waals surface area (Å²) in [6.07, 6.45) is -4.37. The molecule has 0 amide bonds. The summed E-state index contributed by atoms with van der Waals surface area (Å²) >= 11 is 1.37. The number of halogens is 2. The van der Waals surface area contributed by atoms with Gasteiger partial charge >= 0.3 is 12.1 Å². The molecule has 1 aromatic heterocycles. The van der Waals surface area contributed by atoms with Crippen LogP contribution in [0.2, 0.25) is 0 Å². The lowest BCUT2D eigenvalue weighted by Crippen LogP contribution is -2.34. The largest absolute Gasteiger partial charge is 0.502 e. The predicted molar refractivity (Wildman–Crippen MR) is 90.9 cm³/mol. The highest BCUT2D eigenvalue weighted by atomic mass is 32.1. The molecule has 7 nitrogen and oxygen atoms in total. The van der Waals surface area contributed by atoms with Crippen LogP contribution in [0, 0.1) is 0 Å². The first-order valence-electron chi connectivity index (χ1n) is 7.56. The van der Waals surface area contributed by atoms with Crippen molar-refractivity contribution < 1.29 is 37.6 Å². The van der Waals surface area contributed by atoms with Crippen molar-refractivity contribution in [1.82, 2.24) is 4.98 Å². The second-order valence-electron chi connectivity index (χ2n) is 5.48. The van der Waals surface area contributed by atoms with Gasteiger partial charge in [-0.1, -0.05) is 0 Å². The maximum Gasteiger partial charge on any atom is 0.502 e. The molecule has 3 aromatic rings. The van der Waals surface area contributed by atoms with Crippen molar-refractivity contribution in [2.75, 3.05) is 13.9 Å². The van der Waals surface area contributed by atoms with Crippen LogP contribution in [0.5, 0.6) is 23.0 Å². The normalized spacial score (nSPS) is 13.0. The molecule has 0 fully saturated rings. The summed E-state index contributed by atoms with van der Waals surface area (Å²) in [7, 11) is 1.27. The number of hydrogen-bond acceptors (Lipinski definition) is 7. The Morgan fingerprint density at radius 2 is 1.96 bits per heavy atom. The summed E-state index contributed by atoms with van der Waals surface area (Å²) in [6.45, 7) is 0.166. The number of aliphatic carboxylic acids is 1. The summed E-state index contributed by atoms with van der Waals surface area (Å²) in [5.41, 5.74) is 1.30. The molecule has 0 saturated carbocycles. The Morgan fingerprint density at radius 1 is 1.22 bits per heavy atom. The number of rotatable bonds is 5. The van der Waals surface area contributed by atoms with E-state index in [0.29, 0.717) is 27.6 Å². The van der Waals surface area contributed by atoms with Crippen LogP contribution in [0.4, 0.5) is 8.78 Å². The number of carboxylic acid groups (broad SMARTS) is 1. The van der Waals surface area contributed by atoms with Gasteiger partial charge in [0, 0.05) is 17.7 Å². The van der Waals surface area contributed by atoms with Gasteiger partial charge in [-0.2, -0.15) is 8.78 Å². The van der Waals surface area contributed by atoms with E-state index in [0.717, 1.165) is 4.70 Å². The van der Waals surface area contributed by atoms with E-state index in [1.54, 1.807) is 6.07 Å². The molecule has 0 saturated heterocycles. The second kappa shape index (κ2) is 6.23. The van der Waals surface area contributed by atoms with Crippen molar-refractivity contribution in [3.63, 3.8) is 0 Å². The van der Waals surface area contributed by atoms with Crippen molar-refractivity contribution in [2.24, 2.45) is 0 Å². The van der Waals surface area contributed by atoms with Gasteiger partial charge in [-0.25, -0.2) is 9.78 Å². The van der Waals surface area contributed by atoms with Crippen molar-refractivity contribution in [3.8, 4) is 33.6 Å². The van der Waals surface area contributed by atoms with Crippen LogP contribution in [-0.2, 0) is 4.79 Å². The summed E-state index contributed by atoms with van der Waals surface area (Å²) < 4.78 is 47.5. The zero-order chi connectivity index (χ0) is 19.2. The molecule has 1 aliphatic heterocycles. The Kier molecular flexibility index (Phi) is 3.99. The molecule has 1 N–H and O–H groups in total. The van der Waals surface area contributed by atoms with E-state index in [-0.39, 0.29) is 12.5 Å². The SMILES string of the molecule is COc1cc(-c2nc3cc4c(cc3s2)OCO4)ccc1OC(F)(F)C(=O)O. The zero-order valence-corrected chi connectivity index (χ0v) is 14.5. The van der Waals surface area contributed by atoms with Gasteiger partial charge in [0.15, 0.2) is 23.0 Å². The highest BCUT2D eigenvalue weighted by Gasteiger charge is 2.43. The lowest BCUT2D eigenvalue weighted by molar-refractivity contribution is -0.211. The number of carbonyl (C=O) groups is 1. The van der Waals surface area contributed by atoms with Crippen LogP contribution in [0.1, 0.15) is 0 Å². The van der Waals surface area contributed by atoms with Gasteiger partial charge in [-0.3, -0.25) is 0 Å². The van der Waals surface area contributed by atoms with Gasteiger partial charge in [0.25, 0.3) is 0 Å². The number of carboxylic acids is 1. The Morgan fingerprint density at radius 3 is 2.67 bits per heavy atom. The smallest absolute Gasteiger partial charge is 0.493 e. The van der Waals surface area contributed by atoms with Crippen LogP contribution in [0.15, 0.2) is 30.3 Å². The summed E-state index contributed by atoms with van der Waals surface area (Å²) in [6, 6.07) is 7.74. The van der Waals surface area contributed by atoms with Crippen molar-refractivity contribution in [3.05, 3.63) is 30.3 Å². The third kappa shape index (κ3) is 3.08. The molecule has 27 heavy (non-hydrogen) atoms. The maximum absolute atomic E-state index is 13.3. The van der Waals surface area contributed by atoms with E-state index in [2.05, 4.69) is 9.72 Å². The first-order valence-corrected chi connectivity index (χ1v) is 8.38. The molecule has 0 atom stereocenters. The molecule has 1 aliphatic rings. The number of alkyl halides is 2. The van der Waals surface area contributed by atoms with Gasteiger partial charge in [0.2, 0.25) is 6.79 Å². The minimum absolute atomic E-state index is 0.0400. The molecule has 2 aromatic carbocycles. The lowest BCUT2D eigenvalue weighted by atomic mass is 10.2. The standard InChI is InChI=1S/C17H11F2NO6S/c1-23-11-4-8(2-3-10(11)26-17(18,19)16(21)22)15-20-9-5-12-13(25-7-24-12)6-14(9)27-15/h2-6H,7H2,1H3,(H,21,22). The average Bonchev–Trinajstić information content (AvgIpc) is 3.25. The molecule has 10 heteroatoms. The van der Waals surface area contributed by atoms with E-state index < -0.39 is 17.8 Å². The highest BCUT2D eigenvalue weighted by molar-refractivity contribution is 7.21. The lowest BCUT2D eigenvalue weighted by Gasteiger charge is -2.16. The van der Waals surface area contributed by atoms with Gasteiger partial charge in [-0.05, 0) is 18.2 Å². The van der Waals surface area contributed by atoms with E-state index in [1.165, 1.54) is 36.6 Å². The molecule has 0 aliphatic carbocycles. The fraction of sp³-hybridized carbons (Fsp3) is 0.176. The van der Waals surface area contributed by atoms with Crippen LogP contribution >= 0.6 is 11.3 Å². The van der Waals surface area contributed by atoms with Crippen LogP contribution in [0.3, 0.4) is 0 Å². The number of hydrogen-bond donors (Lipinski definition) is 1. The third-order valence-corrected chi connectivity index (χ3v) is 4.85. The van der Waals surface area contributed by atoms with Gasteiger partial charge in [0.05, 0.1) is 17.3 Å².